The first-order valence-corrected chi connectivity index (χ1v) is 21.3. The number of nitrogens with zero attached hydrogens (tertiary/aromatic N) is 3. The minimum absolute atomic E-state index is 0.458. The van der Waals surface area contributed by atoms with Gasteiger partial charge in [0.05, 0.1) is 45.9 Å². The van der Waals surface area contributed by atoms with Crippen LogP contribution in [0.1, 0.15) is 59.8 Å². The van der Waals surface area contributed by atoms with E-state index in [0.29, 0.717) is 47.9 Å². The van der Waals surface area contributed by atoms with Crippen molar-refractivity contribution in [3.63, 3.8) is 0 Å². The Morgan fingerprint density at radius 3 is 1.58 bits per heavy atom. The van der Waals surface area contributed by atoms with Crippen LogP contribution in [-0.2, 0) is 0 Å². The molecule has 2 aromatic carbocycles. The van der Waals surface area contributed by atoms with E-state index in [-0.39, 0.29) is 0 Å². The van der Waals surface area contributed by atoms with Crippen molar-refractivity contribution >= 4 is 66.3 Å². The zero-order chi connectivity index (χ0) is 38.8. The number of likely N-dealkylation sites (tertiary alicyclic amines) is 1. The van der Waals surface area contributed by atoms with Crippen LogP contribution in [0.5, 0.6) is 11.5 Å². The Kier molecular flexibility index (Phi) is 12.7. The summed E-state index contributed by atoms with van der Waals surface area (Å²) in [4.78, 5) is 13.2. The molecule has 0 radical (unpaired) electrons. The fourth-order valence-corrected chi connectivity index (χ4v) is 10.1. The first kappa shape index (κ1) is 39.9. The third-order valence-corrected chi connectivity index (χ3v) is 13.2. The quantitative estimate of drug-likeness (QED) is 0.112. The molecular weight excluding hydrogens is 772 g/mol. The average Bonchev–Trinajstić information content (AvgIpc) is 3.78. The molecule has 8 rings (SSSR count). The molecule has 3 N–H and O–H groups in total. The zero-order valence-corrected chi connectivity index (χ0v) is 35.0. The second-order valence-electron chi connectivity index (χ2n) is 14.7. The molecule has 2 saturated heterocycles. The van der Waals surface area contributed by atoms with Crippen molar-refractivity contribution in [3.8, 4) is 33.8 Å². The molecule has 290 valence electrons. The van der Waals surface area contributed by atoms with Crippen molar-refractivity contribution in [2.24, 2.45) is 11.8 Å². The van der Waals surface area contributed by atoms with Crippen LogP contribution in [0.25, 0.3) is 42.7 Å². The number of hydrogen-bond acceptors (Lipinski definition) is 10. The van der Waals surface area contributed by atoms with Crippen LogP contribution in [-0.4, -0.2) is 71.5 Å². The van der Waals surface area contributed by atoms with E-state index in [9.17, 15) is 10.2 Å². The zero-order valence-electron chi connectivity index (χ0n) is 31.9. The average molecular weight is 820 g/mol. The van der Waals surface area contributed by atoms with Crippen LogP contribution < -0.4 is 14.8 Å². The molecule has 6 aromatic rings. The standard InChI is InChI=1S/C22H25ClN2O2S.C21H23ClN2O2S/c1-4-19(26)20-9-18-22(28-20)16(5-6-24-18)17-8-15(23)7-13(2)21(17)27-12-14-10-25(3)11-14;1-3-18(25)19-8-17-21(27-19)15(4-5-24-17)16-7-14(22)6-12(2)20(16)26-11-13-9-23-10-13/h5-9,14,19,26H,4,10-12H2,1-3H3;4-8,13,18,23,25H,3,9-11H2,1-2H3. The molecule has 2 aliphatic rings. The molecule has 2 fully saturated rings. The smallest absolute Gasteiger partial charge is 0.130 e. The normalized spacial score (nSPS) is 16.0. The van der Waals surface area contributed by atoms with Crippen LogP contribution in [0.2, 0.25) is 10.0 Å². The fraction of sp³-hybridized carbons (Fsp3) is 0.395. The molecule has 0 bridgehead atoms. The second-order valence-corrected chi connectivity index (χ2v) is 17.8. The molecule has 0 spiro atoms. The molecule has 6 heterocycles. The van der Waals surface area contributed by atoms with Crippen molar-refractivity contribution in [1.29, 1.82) is 0 Å². The van der Waals surface area contributed by atoms with Crippen molar-refractivity contribution in [3.05, 3.63) is 91.9 Å². The lowest BCUT2D eigenvalue weighted by molar-refractivity contribution is 0.0857. The number of rotatable bonds is 12. The van der Waals surface area contributed by atoms with Gasteiger partial charge in [0.1, 0.15) is 11.5 Å². The summed E-state index contributed by atoms with van der Waals surface area (Å²) in [5.74, 6) is 2.89. The highest BCUT2D eigenvalue weighted by Crippen LogP contribution is 2.44. The third kappa shape index (κ3) is 8.82. The Bertz CT molecular complexity index is 2280. The van der Waals surface area contributed by atoms with E-state index in [2.05, 4.69) is 27.2 Å². The summed E-state index contributed by atoms with van der Waals surface area (Å²) in [7, 11) is 2.13. The predicted molar refractivity (Wildman–Crippen MR) is 228 cm³/mol. The van der Waals surface area contributed by atoms with Crippen LogP contribution in [0.15, 0.2) is 60.9 Å². The first-order chi connectivity index (χ1) is 26.5. The molecule has 2 unspecified atom stereocenters. The van der Waals surface area contributed by atoms with E-state index >= 15 is 0 Å². The van der Waals surface area contributed by atoms with Gasteiger partial charge in [0.15, 0.2) is 0 Å². The van der Waals surface area contributed by atoms with Gasteiger partial charge in [-0.25, -0.2) is 0 Å². The van der Waals surface area contributed by atoms with Gasteiger partial charge in [-0.05, 0) is 93.4 Å². The summed E-state index contributed by atoms with van der Waals surface area (Å²) >= 11 is 16.0. The number of aliphatic hydroxyl groups excluding tert-OH is 2. The van der Waals surface area contributed by atoms with Crippen LogP contribution in [0.3, 0.4) is 0 Å². The summed E-state index contributed by atoms with van der Waals surface area (Å²) in [6.07, 6.45) is 4.07. The molecule has 55 heavy (non-hydrogen) atoms. The van der Waals surface area contributed by atoms with Gasteiger partial charge in [-0.3, -0.25) is 9.97 Å². The van der Waals surface area contributed by atoms with Crippen molar-refractivity contribution in [2.45, 2.75) is 52.7 Å². The topological polar surface area (TPSA) is 100.0 Å². The van der Waals surface area contributed by atoms with Gasteiger partial charge in [0.2, 0.25) is 0 Å². The van der Waals surface area contributed by atoms with Gasteiger partial charge in [-0.1, -0.05) is 37.0 Å². The highest BCUT2D eigenvalue weighted by Gasteiger charge is 2.26. The number of aliphatic hydroxyl groups is 2. The number of halogens is 2. The minimum atomic E-state index is -0.459. The Morgan fingerprint density at radius 1 is 0.727 bits per heavy atom. The van der Waals surface area contributed by atoms with Gasteiger partial charge in [-0.15, -0.1) is 22.7 Å². The van der Waals surface area contributed by atoms with E-state index in [1.165, 1.54) is 0 Å². The van der Waals surface area contributed by atoms with E-state index in [1.807, 2.05) is 88.6 Å². The number of aromatic nitrogens is 2. The number of hydrogen-bond donors (Lipinski definition) is 3. The number of nitrogens with one attached hydrogen (secondary N) is 1. The molecule has 12 heteroatoms. The van der Waals surface area contributed by atoms with E-state index in [1.54, 1.807) is 22.7 Å². The first-order valence-electron chi connectivity index (χ1n) is 18.9. The largest absolute Gasteiger partial charge is 0.492 e. The van der Waals surface area contributed by atoms with Crippen molar-refractivity contribution < 1.29 is 19.7 Å². The van der Waals surface area contributed by atoms with Gasteiger partial charge in [-0.2, -0.15) is 0 Å². The highest BCUT2D eigenvalue weighted by molar-refractivity contribution is 7.20. The Labute approximate surface area is 341 Å². The maximum atomic E-state index is 10.3. The predicted octanol–water partition coefficient (Wildman–Crippen LogP) is 10.3. The second kappa shape index (κ2) is 17.4. The SMILES string of the molecule is CCC(O)c1cc2nccc(-c3cc(Cl)cc(C)c3OCC3CN(C)C3)c2s1.CCC(O)c1cc2nccc(-c3cc(Cl)cc(C)c3OCC3CNC3)c2s1. The minimum Gasteiger partial charge on any atom is -0.492 e. The highest BCUT2D eigenvalue weighted by atomic mass is 35.5. The van der Waals surface area contributed by atoms with E-state index in [0.717, 1.165) is 101 Å². The van der Waals surface area contributed by atoms with Gasteiger partial charge in [0.25, 0.3) is 0 Å². The molecule has 8 nitrogen and oxygen atoms in total. The summed E-state index contributed by atoms with van der Waals surface area (Å²) < 4.78 is 14.7. The molecule has 4 aromatic heterocycles. The summed E-state index contributed by atoms with van der Waals surface area (Å²) in [5, 5.41) is 25.2. The fourth-order valence-electron chi connectivity index (χ4n) is 7.11. The molecule has 0 saturated carbocycles. The monoisotopic (exact) mass is 818 g/mol. The third-order valence-electron chi connectivity index (χ3n) is 10.3. The number of benzene rings is 2. The van der Waals surface area contributed by atoms with Gasteiger partial charge >= 0.3 is 0 Å². The Morgan fingerprint density at radius 2 is 1.18 bits per heavy atom. The lowest BCUT2D eigenvalue weighted by atomic mass is 10.0. The van der Waals surface area contributed by atoms with Gasteiger partial charge < -0.3 is 29.9 Å². The molecule has 0 amide bonds. The lowest BCUT2D eigenvalue weighted by Gasteiger charge is -2.36. The van der Waals surface area contributed by atoms with Crippen molar-refractivity contribution in [2.75, 3.05) is 46.4 Å². The Balaban J connectivity index is 0.000000169. The summed E-state index contributed by atoms with van der Waals surface area (Å²) in [6, 6.07) is 15.8. The number of pyridine rings is 2. The van der Waals surface area contributed by atoms with Crippen molar-refractivity contribution in [1.82, 2.24) is 20.2 Å². The molecule has 0 aliphatic carbocycles. The molecule has 2 aliphatic heterocycles. The number of thiophene rings is 2. The maximum Gasteiger partial charge on any atom is 0.130 e. The summed E-state index contributed by atoms with van der Waals surface area (Å²) in [5.41, 5.74) is 7.93. The van der Waals surface area contributed by atoms with Crippen LogP contribution in [0, 0.1) is 25.7 Å². The number of aryl methyl sites for hydroxylation is 2. The number of ether oxygens (including phenoxy) is 2. The molecular formula is C43H48Cl2N4O4S2. The van der Waals surface area contributed by atoms with E-state index in [4.69, 9.17) is 32.7 Å². The van der Waals surface area contributed by atoms with Gasteiger partial charge in [0, 0.05) is 92.5 Å². The molecule has 2 atom stereocenters. The summed E-state index contributed by atoms with van der Waals surface area (Å²) in [6.45, 7) is 13.6. The number of fused-ring (bicyclic) bond motifs is 2. The van der Waals surface area contributed by atoms with Crippen LogP contribution in [0.4, 0.5) is 0 Å². The maximum absolute atomic E-state index is 10.3. The van der Waals surface area contributed by atoms with E-state index < -0.39 is 12.2 Å². The lowest BCUT2D eigenvalue weighted by Crippen LogP contribution is -2.46. The van der Waals surface area contributed by atoms with Crippen LogP contribution >= 0.6 is 45.9 Å². The Hall–Kier alpha value is -3.32.